The number of ketones is 1. The minimum Gasteiger partial charge on any atom is -0.405 e. The van der Waals surface area contributed by atoms with E-state index in [2.05, 4.69) is 0 Å². The molecule has 0 fully saturated rings. The Morgan fingerprint density at radius 2 is 1.62 bits per heavy atom. The van der Waals surface area contributed by atoms with E-state index < -0.39 is 5.63 Å². The lowest BCUT2D eigenvalue weighted by Crippen LogP contribution is -2.22. The van der Waals surface area contributed by atoms with Gasteiger partial charge in [0.1, 0.15) is 0 Å². The van der Waals surface area contributed by atoms with Crippen molar-refractivity contribution in [1.29, 1.82) is 0 Å². The summed E-state index contributed by atoms with van der Waals surface area (Å²) in [6.45, 7) is 4.19. The van der Waals surface area contributed by atoms with Gasteiger partial charge in [-0.15, -0.1) is 0 Å². The molecular formula is C20H19NO3. The summed E-state index contributed by atoms with van der Waals surface area (Å²) in [5, 5.41) is 1.06. The average molecular weight is 321 g/mol. The maximum absolute atomic E-state index is 12.4. The third kappa shape index (κ3) is 2.83. The topological polar surface area (TPSA) is 50.5 Å². The summed E-state index contributed by atoms with van der Waals surface area (Å²) in [6, 6.07) is 16.7. The van der Waals surface area contributed by atoms with Crippen molar-refractivity contribution in [3.05, 3.63) is 70.6 Å². The average Bonchev–Trinajstić information content (AvgIpc) is 2.60. The van der Waals surface area contributed by atoms with Crippen molar-refractivity contribution in [2.45, 2.75) is 20.3 Å². The Labute approximate surface area is 140 Å². The zero-order valence-corrected chi connectivity index (χ0v) is 13.8. The summed E-state index contributed by atoms with van der Waals surface area (Å²) in [5.41, 5.74) is 0.908. The second-order valence-corrected chi connectivity index (χ2v) is 5.66. The highest BCUT2D eigenvalue weighted by atomic mass is 16.4. The van der Waals surface area contributed by atoms with Crippen molar-refractivity contribution in [3.8, 4) is 0 Å². The predicted octanol–water partition coefficient (Wildman–Crippen LogP) is 4.54. The van der Waals surface area contributed by atoms with E-state index in [1.165, 1.54) is 6.92 Å². The van der Waals surface area contributed by atoms with Crippen LogP contribution in [0, 0.1) is 0 Å². The van der Waals surface area contributed by atoms with Crippen molar-refractivity contribution in [3.63, 3.8) is 0 Å². The van der Waals surface area contributed by atoms with Crippen LogP contribution in [0.5, 0.6) is 0 Å². The van der Waals surface area contributed by atoms with E-state index in [4.69, 9.17) is 4.42 Å². The largest absolute Gasteiger partial charge is 0.405 e. The lowest BCUT2D eigenvalue weighted by Gasteiger charge is -2.24. The van der Waals surface area contributed by atoms with Gasteiger partial charge in [0.15, 0.2) is 5.78 Å². The van der Waals surface area contributed by atoms with Gasteiger partial charge in [0.05, 0.1) is 10.9 Å². The van der Waals surface area contributed by atoms with E-state index in [9.17, 15) is 9.59 Å². The maximum atomic E-state index is 12.4. The molecule has 0 aliphatic carbocycles. The van der Waals surface area contributed by atoms with Crippen LogP contribution in [-0.4, -0.2) is 12.3 Å². The Balaban J connectivity index is 2.33. The number of anilines is 2. The van der Waals surface area contributed by atoms with E-state index in [0.29, 0.717) is 28.8 Å². The molecule has 0 unspecified atom stereocenters. The molecular weight excluding hydrogens is 302 g/mol. The third-order valence-corrected chi connectivity index (χ3v) is 3.93. The first-order valence-corrected chi connectivity index (χ1v) is 8.03. The molecule has 1 heterocycles. The number of carbonyl (C=O) groups is 1. The molecule has 0 saturated carbocycles. The molecule has 0 spiro atoms. The van der Waals surface area contributed by atoms with Crippen LogP contribution in [0.2, 0.25) is 0 Å². The van der Waals surface area contributed by atoms with E-state index in [1.54, 1.807) is 18.2 Å². The Hall–Kier alpha value is -2.88. The Kier molecular flexibility index (Phi) is 4.47. The molecule has 1 aromatic heterocycles. The van der Waals surface area contributed by atoms with Gasteiger partial charge in [0.25, 0.3) is 0 Å². The van der Waals surface area contributed by atoms with Gasteiger partial charge in [-0.3, -0.25) is 4.79 Å². The lowest BCUT2D eigenvalue weighted by atomic mass is 10.0. The standard InChI is InChI=1S/C20H19NO3/c1-3-13-21(15-9-5-4-6-10-15)19-18(14(2)22)16-11-7-8-12-17(16)20(23)24-19/h4-12H,3,13H2,1-2H3. The van der Waals surface area contributed by atoms with Gasteiger partial charge in [-0.25, -0.2) is 4.79 Å². The van der Waals surface area contributed by atoms with Crippen molar-refractivity contribution < 1.29 is 9.21 Å². The molecule has 0 amide bonds. The van der Waals surface area contributed by atoms with Gasteiger partial charge < -0.3 is 9.32 Å². The quantitative estimate of drug-likeness (QED) is 0.647. The molecule has 4 nitrogen and oxygen atoms in total. The van der Waals surface area contributed by atoms with Crippen LogP contribution in [0.3, 0.4) is 0 Å². The number of benzene rings is 2. The van der Waals surface area contributed by atoms with E-state index >= 15 is 0 Å². The van der Waals surface area contributed by atoms with E-state index in [0.717, 1.165) is 12.1 Å². The molecule has 0 radical (unpaired) electrons. The fraction of sp³-hybridized carbons (Fsp3) is 0.200. The molecule has 4 heteroatoms. The molecule has 0 bridgehead atoms. The number of fused-ring (bicyclic) bond motifs is 1. The normalized spacial score (nSPS) is 10.8. The van der Waals surface area contributed by atoms with Crippen LogP contribution < -0.4 is 10.5 Å². The third-order valence-electron chi connectivity index (χ3n) is 3.93. The summed E-state index contributed by atoms with van der Waals surface area (Å²) in [5.74, 6) is 0.196. The maximum Gasteiger partial charge on any atom is 0.345 e. The molecule has 24 heavy (non-hydrogen) atoms. The number of Topliss-reactive ketones (excluding diaryl/α,β-unsaturated/α-hetero) is 1. The Bertz CT molecular complexity index is 929. The summed E-state index contributed by atoms with van der Waals surface area (Å²) >= 11 is 0. The van der Waals surface area contributed by atoms with Crippen LogP contribution in [0.4, 0.5) is 11.6 Å². The molecule has 0 atom stereocenters. The number of para-hydroxylation sites is 1. The molecule has 0 N–H and O–H groups in total. The van der Waals surface area contributed by atoms with Crippen LogP contribution in [0.25, 0.3) is 10.8 Å². The summed E-state index contributed by atoms with van der Waals surface area (Å²) in [6.07, 6.45) is 0.850. The molecule has 3 rings (SSSR count). The second-order valence-electron chi connectivity index (χ2n) is 5.66. The van der Waals surface area contributed by atoms with Crippen LogP contribution >= 0.6 is 0 Å². The van der Waals surface area contributed by atoms with Crippen molar-refractivity contribution in [2.75, 3.05) is 11.4 Å². The first-order valence-electron chi connectivity index (χ1n) is 8.03. The van der Waals surface area contributed by atoms with E-state index in [1.807, 2.05) is 48.2 Å². The van der Waals surface area contributed by atoms with Gasteiger partial charge in [-0.05, 0) is 31.5 Å². The highest BCUT2D eigenvalue weighted by Crippen LogP contribution is 2.32. The second kappa shape index (κ2) is 6.71. The van der Waals surface area contributed by atoms with Gasteiger partial charge in [0.2, 0.25) is 5.88 Å². The predicted molar refractivity (Wildman–Crippen MR) is 96.2 cm³/mol. The van der Waals surface area contributed by atoms with Crippen molar-refractivity contribution >= 4 is 28.1 Å². The summed E-state index contributed by atoms with van der Waals surface area (Å²) in [4.78, 5) is 26.6. The zero-order chi connectivity index (χ0) is 17.1. The lowest BCUT2D eigenvalue weighted by molar-refractivity contribution is 0.101. The molecule has 2 aromatic carbocycles. The monoisotopic (exact) mass is 321 g/mol. The van der Waals surface area contributed by atoms with Crippen LogP contribution in [-0.2, 0) is 0 Å². The molecule has 0 saturated heterocycles. The Morgan fingerprint density at radius 1 is 1.00 bits per heavy atom. The number of rotatable bonds is 5. The number of hydrogen-bond donors (Lipinski definition) is 0. The van der Waals surface area contributed by atoms with Crippen molar-refractivity contribution in [2.24, 2.45) is 0 Å². The molecule has 0 aliphatic rings. The van der Waals surface area contributed by atoms with Gasteiger partial charge >= 0.3 is 5.63 Å². The fourth-order valence-corrected chi connectivity index (χ4v) is 2.90. The minimum atomic E-state index is -0.428. The number of hydrogen-bond acceptors (Lipinski definition) is 4. The Morgan fingerprint density at radius 3 is 2.25 bits per heavy atom. The fourth-order valence-electron chi connectivity index (χ4n) is 2.90. The summed E-state index contributed by atoms with van der Waals surface area (Å²) < 4.78 is 5.60. The van der Waals surface area contributed by atoms with E-state index in [-0.39, 0.29) is 5.78 Å². The van der Waals surface area contributed by atoms with Gasteiger partial charge in [-0.2, -0.15) is 0 Å². The smallest absolute Gasteiger partial charge is 0.345 e. The molecule has 0 aliphatic heterocycles. The summed E-state index contributed by atoms with van der Waals surface area (Å²) in [7, 11) is 0. The van der Waals surface area contributed by atoms with Gasteiger partial charge in [0, 0.05) is 17.6 Å². The van der Waals surface area contributed by atoms with Crippen LogP contribution in [0.15, 0.2) is 63.8 Å². The molecule has 122 valence electrons. The first kappa shape index (κ1) is 16.0. The first-order chi connectivity index (χ1) is 11.6. The molecule has 3 aromatic rings. The number of nitrogens with zero attached hydrogens (tertiary/aromatic N) is 1. The highest BCUT2D eigenvalue weighted by Gasteiger charge is 2.22. The highest BCUT2D eigenvalue weighted by molar-refractivity contribution is 6.10. The zero-order valence-electron chi connectivity index (χ0n) is 13.8. The van der Waals surface area contributed by atoms with Gasteiger partial charge in [-0.1, -0.05) is 43.3 Å². The van der Waals surface area contributed by atoms with Crippen LogP contribution in [0.1, 0.15) is 30.6 Å². The van der Waals surface area contributed by atoms with Crippen molar-refractivity contribution in [1.82, 2.24) is 0 Å². The number of carbonyl (C=O) groups excluding carboxylic acids is 1. The minimum absolute atomic E-state index is 0.123. The SMILES string of the molecule is CCCN(c1ccccc1)c1oc(=O)c2ccccc2c1C(C)=O.